The normalized spacial score (nSPS) is 21.4. The Balaban J connectivity index is 2.30. The van der Waals surface area contributed by atoms with Crippen LogP contribution in [0.15, 0.2) is 23.3 Å². The van der Waals surface area contributed by atoms with Crippen LogP contribution in [-0.4, -0.2) is 48.5 Å². The van der Waals surface area contributed by atoms with Gasteiger partial charge in [-0.15, -0.1) is 11.6 Å². The lowest BCUT2D eigenvalue weighted by molar-refractivity contribution is -0.0854. The van der Waals surface area contributed by atoms with Crippen LogP contribution < -0.4 is 5.43 Å². The smallest absolute Gasteiger partial charge is 0.258 e. The van der Waals surface area contributed by atoms with Crippen LogP contribution in [-0.2, 0) is 4.74 Å². The Morgan fingerprint density at radius 3 is 3.09 bits per heavy atom. The van der Waals surface area contributed by atoms with Crippen LogP contribution in [0.1, 0.15) is 22.8 Å². The summed E-state index contributed by atoms with van der Waals surface area (Å²) >= 11 is 5.94. The number of hydrogen-bond donors (Lipinski definition) is 2. The Labute approximate surface area is 141 Å². The number of benzene rings is 1. The lowest BCUT2D eigenvalue weighted by Gasteiger charge is -2.38. The van der Waals surface area contributed by atoms with Crippen molar-refractivity contribution in [3.63, 3.8) is 0 Å². The van der Waals surface area contributed by atoms with Crippen LogP contribution in [0.3, 0.4) is 0 Å². The number of nitrogens with one attached hydrogen (secondary N) is 2. The van der Waals surface area contributed by atoms with Gasteiger partial charge < -0.3 is 15.0 Å². The van der Waals surface area contributed by atoms with E-state index in [4.69, 9.17) is 21.7 Å². The highest BCUT2D eigenvalue weighted by atomic mass is 35.5. The zero-order chi connectivity index (χ0) is 16.8. The Hall–Kier alpha value is -1.92. The Morgan fingerprint density at radius 2 is 2.39 bits per heavy atom. The molecule has 1 fully saturated rings. The van der Waals surface area contributed by atoms with Crippen molar-refractivity contribution in [3.05, 3.63) is 29.3 Å². The summed E-state index contributed by atoms with van der Waals surface area (Å²) in [6, 6.07) is 5.51. The molecule has 0 aromatic heterocycles. The number of carbonyl (C=O) groups excluding carboxylic acids is 1. The summed E-state index contributed by atoms with van der Waals surface area (Å²) in [6.07, 6.45) is 1.95. The first-order valence-corrected chi connectivity index (χ1v) is 7.97. The minimum Gasteiger partial charge on any atom is -0.357 e. The first kappa shape index (κ1) is 17.4. The molecule has 0 saturated carbocycles. The van der Waals surface area contributed by atoms with Crippen molar-refractivity contribution in [1.29, 1.82) is 5.41 Å². The van der Waals surface area contributed by atoms with Crippen molar-refractivity contribution in [2.45, 2.75) is 20.1 Å². The molecule has 0 spiro atoms. The second-order valence-electron chi connectivity index (χ2n) is 5.61. The summed E-state index contributed by atoms with van der Waals surface area (Å²) in [5.74, 6) is 0.355. The fraction of sp³-hybridized carbons (Fsp3) is 0.438. The van der Waals surface area contributed by atoms with E-state index in [0.717, 1.165) is 11.8 Å². The highest BCUT2D eigenvalue weighted by Crippen LogP contribution is 2.24. The number of carbonyl (C=O) groups is 1. The summed E-state index contributed by atoms with van der Waals surface area (Å²) in [4.78, 5) is 14.6. The molecule has 2 rings (SSSR count). The number of amides is 1. The summed E-state index contributed by atoms with van der Waals surface area (Å²) in [7, 11) is 0. The van der Waals surface area contributed by atoms with Crippen molar-refractivity contribution in [1.82, 2.24) is 4.90 Å². The molecule has 2 atom stereocenters. The number of anilines is 1. The van der Waals surface area contributed by atoms with Gasteiger partial charge in [0, 0.05) is 12.8 Å². The van der Waals surface area contributed by atoms with Gasteiger partial charge in [-0.05, 0) is 25.0 Å². The van der Waals surface area contributed by atoms with E-state index in [-0.39, 0.29) is 17.7 Å². The number of alkyl halides is 1. The molecule has 1 aliphatic rings. The molecular weight excluding hydrogens is 316 g/mol. The van der Waals surface area contributed by atoms with E-state index in [1.54, 1.807) is 11.0 Å². The molecule has 7 heteroatoms. The first-order valence-electron chi connectivity index (χ1n) is 7.44. The van der Waals surface area contributed by atoms with Crippen LogP contribution in [0, 0.1) is 18.3 Å². The van der Waals surface area contributed by atoms with E-state index in [2.05, 4.69) is 10.5 Å². The SMILES string of the molecule is Cc1ccc(N/N=C\C=N)c(C(=O)N2CC(C)COC2CCl)c1. The zero-order valence-corrected chi connectivity index (χ0v) is 14.0. The van der Waals surface area contributed by atoms with Crippen molar-refractivity contribution in [2.75, 3.05) is 24.5 Å². The van der Waals surface area contributed by atoms with Gasteiger partial charge in [0.2, 0.25) is 0 Å². The molecule has 2 unspecified atom stereocenters. The minimum atomic E-state index is -0.418. The predicted molar refractivity (Wildman–Crippen MR) is 92.7 cm³/mol. The highest BCUT2D eigenvalue weighted by molar-refractivity contribution is 6.18. The molecule has 1 saturated heterocycles. The minimum absolute atomic E-state index is 0.140. The molecule has 6 nitrogen and oxygen atoms in total. The van der Waals surface area contributed by atoms with Crippen LogP contribution in [0.25, 0.3) is 0 Å². The molecule has 0 aliphatic carbocycles. The van der Waals surface area contributed by atoms with E-state index >= 15 is 0 Å². The van der Waals surface area contributed by atoms with E-state index in [0.29, 0.717) is 24.4 Å². The molecule has 1 aromatic carbocycles. The Bertz CT molecular complexity index is 606. The second-order valence-corrected chi connectivity index (χ2v) is 5.92. The van der Waals surface area contributed by atoms with E-state index in [1.807, 2.05) is 26.0 Å². The first-order chi connectivity index (χ1) is 11.1. The summed E-state index contributed by atoms with van der Waals surface area (Å²) in [6.45, 7) is 5.17. The molecule has 1 aliphatic heterocycles. The van der Waals surface area contributed by atoms with E-state index in [1.165, 1.54) is 6.21 Å². The maximum absolute atomic E-state index is 13.0. The van der Waals surface area contributed by atoms with Gasteiger partial charge in [0.15, 0.2) is 0 Å². The van der Waals surface area contributed by atoms with Crippen LogP contribution in [0.4, 0.5) is 5.69 Å². The van der Waals surface area contributed by atoms with Gasteiger partial charge >= 0.3 is 0 Å². The van der Waals surface area contributed by atoms with Gasteiger partial charge in [-0.3, -0.25) is 10.2 Å². The fourth-order valence-corrected chi connectivity index (χ4v) is 2.70. The highest BCUT2D eigenvalue weighted by Gasteiger charge is 2.31. The maximum atomic E-state index is 13.0. The monoisotopic (exact) mass is 336 g/mol. The zero-order valence-electron chi connectivity index (χ0n) is 13.3. The van der Waals surface area contributed by atoms with Crippen molar-refractivity contribution >= 4 is 35.6 Å². The van der Waals surface area contributed by atoms with Gasteiger partial charge in [-0.2, -0.15) is 5.10 Å². The summed E-state index contributed by atoms with van der Waals surface area (Å²) in [5.41, 5.74) is 4.88. The van der Waals surface area contributed by atoms with Gasteiger partial charge in [-0.25, -0.2) is 0 Å². The molecule has 1 heterocycles. The summed E-state index contributed by atoms with van der Waals surface area (Å²) in [5, 5.41) is 10.8. The van der Waals surface area contributed by atoms with Crippen molar-refractivity contribution < 1.29 is 9.53 Å². The number of ether oxygens (including phenoxy) is 1. The maximum Gasteiger partial charge on any atom is 0.258 e. The number of nitrogens with zero attached hydrogens (tertiary/aromatic N) is 2. The van der Waals surface area contributed by atoms with Gasteiger partial charge in [0.05, 0.1) is 30.0 Å². The standard InChI is InChI=1S/C16H21ClN4O2/c1-11-3-4-14(20-19-6-5-18)13(7-11)16(22)21-9-12(2)10-23-15(21)8-17/h3-7,12,15,18,20H,8-10H2,1-2H3/b18-5?,19-6-. The Morgan fingerprint density at radius 1 is 1.61 bits per heavy atom. The molecule has 0 bridgehead atoms. The number of halogens is 1. The average Bonchev–Trinajstić information content (AvgIpc) is 2.55. The number of hydrazone groups is 1. The number of rotatable bonds is 5. The lowest BCUT2D eigenvalue weighted by Crippen LogP contribution is -2.50. The van der Waals surface area contributed by atoms with Crippen LogP contribution in [0.2, 0.25) is 0 Å². The van der Waals surface area contributed by atoms with Gasteiger partial charge in [0.1, 0.15) is 6.23 Å². The second kappa shape index (κ2) is 8.08. The number of aryl methyl sites for hydroxylation is 1. The topological polar surface area (TPSA) is 77.8 Å². The Kier molecular flexibility index (Phi) is 6.12. The largest absolute Gasteiger partial charge is 0.357 e. The van der Waals surface area contributed by atoms with Crippen molar-refractivity contribution in [2.24, 2.45) is 11.0 Å². The quantitative estimate of drug-likeness (QED) is 0.493. The molecule has 1 aromatic rings. The molecule has 2 N–H and O–H groups in total. The summed E-state index contributed by atoms with van der Waals surface area (Å²) < 4.78 is 5.66. The predicted octanol–water partition coefficient (Wildman–Crippen LogP) is 2.72. The van der Waals surface area contributed by atoms with Crippen LogP contribution >= 0.6 is 11.6 Å². The third-order valence-corrected chi connectivity index (χ3v) is 3.83. The van der Waals surface area contributed by atoms with E-state index in [9.17, 15) is 4.79 Å². The van der Waals surface area contributed by atoms with Crippen LogP contribution in [0.5, 0.6) is 0 Å². The molecular formula is C16H21ClN4O2. The van der Waals surface area contributed by atoms with Crippen molar-refractivity contribution in [3.8, 4) is 0 Å². The third kappa shape index (κ3) is 4.30. The average molecular weight is 337 g/mol. The van der Waals surface area contributed by atoms with Gasteiger partial charge in [-0.1, -0.05) is 18.6 Å². The lowest BCUT2D eigenvalue weighted by atomic mass is 10.1. The molecule has 1 amide bonds. The van der Waals surface area contributed by atoms with E-state index < -0.39 is 6.23 Å². The third-order valence-electron chi connectivity index (χ3n) is 3.56. The molecule has 23 heavy (non-hydrogen) atoms. The molecule has 124 valence electrons. The van der Waals surface area contributed by atoms with Gasteiger partial charge in [0.25, 0.3) is 5.91 Å². The molecule has 0 radical (unpaired) electrons. The number of hydrogen-bond acceptors (Lipinski definition) is 5. The fourth-order valence-electron chi connectivity index (χ4n) is 2.44.